The van der Waals surface area contributed by atoms with Crippen LogP contribution in [-0.4, -0.2) is 46.4 Å². The summed E-state index contributed by atoms with van der Waals surface area (Å²) >= 11 is 0. The molecule has 3 heterocycles. The topological polar surface area (TPSA) is 94.0 Å². The van der Waals surface area contributed by atoms with Crippen LogP contribution in [0.5, 0.6) is 0 Å². The Bertz CT molecular complexity index is 1560. The van der Waals surface area contributed by atoms with E-state index in [1.165, 1.54) is 18.4 Å². The minimum atomic E-state index is -3.10. The molecular weight excluding hydrogens is 467 g/mol. The Balaban J connectivity index is 1.43. The molecule has 2 aromatic carbocycles. The molecule has 1 unspecified atom stereocenters. The van der Waals surface area contributed by atoms with E-state index < -0.39 is 21.7 Å². The monoisotopic (exact) mass is 490 g/mol. The number of hydrogen-bond donors (Lipinski definition) is 1. The van der Waals surface area contributed by atoms with Crippen molar-refractivity contribution < 1.29 is 17.6 Å². The highest BCUT2D eigenvalue weighted by atomic mass is 32.2. The standard InChI is InChI=1S/C26H23FN4O3S/c27-20-12-28-26(29-13-20)31-14-23(18-3-1-2-17(10-18)16-4-5-16)22-7-6-19(11-24(22)31)25(32)30-21-8-9-35(33,34)15-21/h1-3,6-7,10-14,16,21H,4-5,8-9,15H2,(H,30,32). The Hall–Kier alpha value is -3.59. The zero-order valence-corrected chi connectivity index (χ0v) is 19.6. The molecule has 0 bridgehead atoms. The van der Waals surface area contributed by atoms with Crippen molar-refractivity contribution in [2.45, 2.75) is 31.2 Å². The zero-order valence-electron chi connectivity index (χ0n) is 18.8. The van der Waals surface area contributed by atoms with Gasteiger partial charge in [0.1, 0.15) is 0 Å². The van der Waals surface area contributed by atoms with Gasteiger partial charge >= 0.3 is 0 Å². The molecule has 35 heavy (non-hydrogen) atoms. The van der Waals surface area contributed by atoms with Gasteiger partial charge in [-0.3, -0.25) is 9.36 Å². The van der Waals surface area contributed by atoms with Crippen LogP contribution in [0.4, 0.5) is 4.39 Å². The van der Waals surface area contributed by atoms with E-state index in [1.54, 1.807) is 16.7 Å². The lowest BCUT2D eigenvalue weighted by Gasteiger charge is -2.11. The largest absolute Gasteiger partial charge is 0.348 e. The fourth-order valence-electron chi connectivity index (χ4n) is 4.75. The van der Waals surface area contributed by atoms with Gasteiger partial charge < -0.3 is 5.32 Å². The molecule has 1 aliphatic carbocycles. The summed E-state index contributed by atoms with van der Waals surface area (Å²) in [6.45, 7) is 0. The Kier molecular flexibility index (Phi) is 5.17. The summed E-state index contributed by atoms with van der Waals surface area (Å²) in [6.07, 6.45) is 6.95. The van der Waals surface area contributed by atoms with Crippen LogP contribution in [-0.2, 0) is 9.84 Å². The molecule has 1 amide bonds. The van der Waals surface area contributed by atoms with Crippen molar-refractivity contribution >= 4 is 26.6 Å². The highest BCUT2D eigenvalue weighted by Crippen LogP contribution is 2.42. The zero-order chi connectivity index (χ0) is 24.2. The molecule has 1 N–H and O–H groups in total. The maximum Gasteiger partial charge on any atom is 0.251 e. The molecular formula is C26H23FN4O3S. The molecule has 0 radical (unpaired) electrons. The molecule has 1 atom stereocenters. The molecule has 1 saturated heterocycles. The third kappa shape index (κ3) is 4.32. The first kappa shape index (κ1) is 21.9. The summed E-state index contributed by atoms with van der Waals surface area (Å²) < 4.78 is 38.8. The molecule has 2 fully saturated rings. The first-order valence-corrected chi connectivity index (χ1v) is 13.4. The van der Waals surface area contributed by atoms with E-state index in [4.69, 9.17) is 0 Å². The quantitative estimate of drug-likeness (QED) is 0.456. The first-order valence-electron chi connectivity index (χ1n) is 11.6. The third-order valence-corrected chi connectivity index (χ3v) is 8.47. The van der Waals surface area contributed by atoms with E-state index in [9.17, 15) is 17.6 Å². The van der Waals surface area contributed by atoms with Crippen molar-refractivity contribution in [2.24, 2.45) is 0 Å². The lowest BCUT2D eigenvalue weighted by molar-refractivity contribution is 0.0941. The van der Waals surface area contributed by atoms with E-state index in [2.05, 4.69) is 39.6 Å². The Morgan fingerprint density at radius 1 is 1.06 bits per heavy atom. The number of sulfone groups is 1. The van der Waals surface area contributed by atoms with Crippen molar-refractivity contribution in [3.05, 3.63) is 78.0 Å². The summed E-state index contributed by atoms with van der Waals surface area (Å²) in [6, 6.07) is 13.4. The first-order chi connectivity index (χ1) is 16.9. The van der Waals surface area contributed by atoms with Crippen LogP contribution in [0.2, 0.25) is 0 Å². The minimum absolute atomic E-state index is 0.0394. The van der Waals surface area contributed by atoms with Crippen LogP contribution < -0.4 is 5.32 Å². The molecule has 7 nitrogen and oxygen atoms in total. The molecule has 4 aromatic rings. The summed E-state index contributed by atoms with van der Waals surface area (Å²) in [7, 11) is -3.10. The summed E-state index contributed by atoms with van der Waals surface area (Å²) in [4.78, 5) is 21.2. The van der Waals surface area contributed by atoms with Crippen LogP contribution in [0.15, 0.2) is 61.1 Å². The number of carbonyl (C=O) groups is 1. The van der Waals surface area contributed by atoms with Crippen LogP contribution >= 0.6 is 0 Å². The van der Waals surface area contributed by atoms with Gasteiger partial charge in [-0.15, -0.1) is 0 Å². The van der Waals surface area contributed by atoms with Crippen molar-refractivity contribution in [3.8, 4) is 17.1 Å². The SMILES string of the molecule is O=C(NC1CCS(=O)(=O)C1)c1ccc2c(-c3cccc(C4CC4)c3)cn(-c3ncc(F)cn3)c2c1. The molecule has 6 rings (SSSR count). The minimum Gasteiger partial charge on any atom is -0.348 e. The average Bonchev–Trinajstić information content (AvgIpc) is 3.55. The van der Waals surface area contributed by atoms with Crippen molar-refractivity contribution in [3.63, 3.8) is 0 Å². The van der Waals surface area contributed by atoms with E-state index in [-0.39, 0.29) is 17.4 Å². The second kappa shape index (κ2) is 8.27. The van der Waals surface area contributed by atoms with Crippen LogP contribution in [0, 0.1) is 5.82 Å². The van der Waals surface area contributed by atoms with Crippen LogP contribution in [0.25, 0.3) is 28.0 Å². The molecule has 178 valence electrons. The summed E-state index contributed by atoms with van der Waals surface area (Å²) in [5, 5.41) is 3.75. The second-order valence-corrected chi connectivity index (χ2v) is 11.5. The molecule has 0 spiro atoms. The number of amides is 1. The predicted molar refractivity (Wildman–Crippen MR) is 131 cm³/mol. The number of hydrogen-bond acceptors (Lipinski definition) is 5. The van der Waals surface area contributed by atoms with Gasteiger partial charge in [-0.2, -0.15) is 0 Å². The molecule has 9 heteroatoms. The molecule has 1 aliphatic heterocycles. The van der Waals surface area contributed by atoms with Gasteiger partial charge in [-0.1, -0.05) is 30.3 Å². The van der Waals surface area contributed by atoms with Crippen molar-refractivity contribution in [1.82, 2.24) is 19.9 Å². The fourth-order valence-corrected chi connectivity index (χ4v) is 6.42. The van der Waals surface area contributed by atoms with Crippen LogP contribution in [0.1, 0.15) is 41.1 Å². The second-order valence-electron chi connectivity index (χ2n) is 9.32. The number of carbonyl (C=O) groups excluding carboxylic acids is 1. The average molecular weight is 491 g/mol. The summed E-state index contributed by atoms with van der Waals surface area (Å²) in [5.41, 5.74) is 4.43. The van der Waals surface area contributed by atoms with E-state index in [1.807, 2.05) is 12.3 Å². The number of nitrogens with zero attached hydrogens (tertiary/aromatic N) is 3. The predicted octanol–water partition coefficient (Wildman–Crippen LogP) is 4.02. The lowest BCUT2D eigenvalue weighted by atomic mass is 10.00. The smallest absolute Gasteiger partial charge is 0.251 e. The lowest BCUT2D eigenvalue weighted by Crippen LogP contribution is -2.35. The number of nitrogens with one attached hydrogen (secondary N) is 1. The van der Waals surface area contributed by atoms with Gasteiger partial charge in [0.2, 0.25) is 5.95 Å². The molecule has 1 saturated carbocycles. The highest BCUT2D eigenvalue weighted by molar-refractivity contribution is 7.91. The number of aromatic nitrogens is 3. The van der Waals surface area contributed by atoms with Gasteiger partial charge in [0, 0.05) is 28.8 Å². The van der Waals surface area contributed by atoms with Gasteiger partial charge in [-0.25, -0.2) is 22.8 Å². The van der Waals surface area contributed by atoms with E-state index >= 15 is 0 Å². The van der Waals surface area contributed by atoms with Crippen molar-refractivity contribution in [1.29, 1.82) is 0 Å². The number of rotatable bonds is 5. The van der Waals surface area contributed by atoms with Crippen molar-refractivity contribution in [2.75, 3.05) is 11.5 Å². The summed E-state index contributed by atoms with van der Waals surface area (Å²) in [5.74, 6) is 0.0832. The Morgan fingerprint density at radius 2 is 1.86 bits per heavy atom. The fraction of sp³-hybridized carbons (Fsp3) is 0.269. The van der Waals surface area contributed by atoms with Gasteiger partial charge in [-0.05, 0) is 48.4 Å². The maximum atomic E-state index is 13.5. The van der Waals surface area contributed by atoms with Gasteiger partial charge in [0.25, 0.3) is 5.91 Å². The Labute approximate surface area is 201 Å². The third-order valence-electron chi connectivity index (χ3n) is 6.70. The molecule has 2 aromatic heterocycles. The van der Waals surface area contributed by atoms with Gasteiger partial charge in [0.15, 0.2) is 15.7 Å². The molecule has 2 aliphatic rings. The Morgan fingerprint density at radius 3 is 2.57 bits per heavy atom. The van der Waals surface area contributed by atoms with E-state index in [0.717, 1.165) is 28.9 Å². The number of halogens is 1. The van der Waals surface area contributed by atoms with Gasteiger partial charge in [0.05, 0.1) is 29.4 Å². The highest BCUT2D eigenvalue weighted by Gasteiger charge is 2.29. The maximum absolute atomic E-state index is 13.5. The normalized spacial score (nSPS) is 19.2. The number of benzene rings is 2. The number of fused-ring (bicyclic) bond motifs is 1. The van der Waals surface area contributed by atoms with E-state index in [0.29, 0.717) is 29.4 Å². The van der Waals surface area contributed by atoms with Crippen LogP contribution in [0.3, 0.4) is 0 Å².